The second-order valence-electron chi connectivity index (χ2n) is 1.87. The summed E-state index contributed by atoms with van der Waals surface area (Å²) >= 11 is 8.80. The van der Waals surface area contributed by atoms with Gasteiger partial charge in [0.2, 0.25) is 0 Å². The first-order valence-corrected chi connectivity index (χ1v) is 3.78. The molecule has 1 aliphatic carbocycles. The first kappa shape index (κ1) is 7.32. The van der Waals surface area contributed by atoms with Crippen molar-refractivity contribution in [3.63, 3.8) is 0 Å². The van der Waals surface area contributed by atoms with Gasteiger partial charge in [-0.3, -0.25) is 0 Å². The van der Waals surface area contributed by atoms with Crippen molar-refractivity contribution < 1.29 is 5.11 Å². The van der Waals surface area contributed by atoms with Crippen molar-refractivity contribution in [3.05, 3.63) is 21.7 Å². The Labute approximate surface area is 67.1 Å². The molecule has 0 aromatic rings. The van der Waals surface area contributed by atoms with Crippen LogP contribution in [0.3, 0.4) is 0 Å². The van der Waals surface area contributed by atoms with E-state index in [2.05, 4.69) is 15.9 Å². The van der Waals surface area contributed by atoms with Crippen molar-refractivity contribution in [2.75, 3.05) is 0 Å². The molecule has 1 atom stereocenters. The van der Waals surface area contributed by atoms with Gasteiger partial charge in [-0.2, -0.15) is 0 Å². The van der Waals surface area contributed by atoms with E-state index in [-0.39, 0.29) is 0 Å². The van der Waals surface area contributed by atoms with Crippen LogP contribution in [0.15, 0.2) is 21.7 Å². The third-order valence-corrected chi connectivity index (χ3v) is 2.15. The predicted molar refractivity (Wildman–Crippen MR) is 41.6 cm³/mol. The molecule has 1 unspecified atom stereocenters. The first-order chi connectivity index (χ1) is 4.20. The molecule has 0 radical (unpaired) electrons. The van der Waals surface area contributed by atoms with Crippen molar-refractivity contribution >= 4 is 27.5 Å². The Morgan fingerprint density at radius 2 is 2.44 bits per heavy atom. The minimum atomic E-state index is -0.396. The number of allylic oxidation sites excluding steroid dienone is 2. The first-order valence-electron chi connectivity index (χ1n) is 2.61. The van der Waals surface area contributed by atoms with Gasteiger partial charge in [0, 0.05) is 9.51 Å². The summed E-state index contributed by atoms with van der Waals surface area (Å²) in [6.45, 7) is 0. The summed E-state index contributed by atoms with van der Waals surface area (Å²) in [5.41, 5.74) is 0. The monoisotopic (exact) mass is 208 g/mol. The second kappa shape index (κ2) is 2.86. The molecule has 9 heavy (non-hydrogen) atoms. The van der Waals surface area contributed by atoms with Crippen LogP contribution in [0.5, 0.6) is 0 Å². The van der Waals surface area contributed by atoms with Crippen LogP contribution in [0.1, 0.15) is 6.42 Å². The van der Waals surface area contributed by atoms with Gasteiger partial charge in [0.05, 0.1) is 6.10 Å². The van der Waals surface area contributed by atoms with Crippen molar-refractivity contribution in [2.24, 2.45) is 0 Å². The quantitative estimate of drug-likeness (QED) is 0.648. The van der Waals surface area contributed by atoms with Crippen LogP contribution >= 0.6 is 27.5 Å². The van der Waals surface area contributed by atoms with Crippen molar-refractivity contribution in [1.82, 2.24) is 0 Å². The molecule has 0 saturated heterocycles. The Kier molecular flexibility index (Phi) is 2.33. The van der Waals surface area contributed by atoms with Crippen LogP contribution in [-0.2, 0) is 0 Å². The van der Waals surface area contributed by atoms with Crippen molar-refractivity contribution in [1.29, 1.82) is 0 Å². The summed E-state index contributed by atoms with van der Waals surface area (Å²) in [6, 6.07) is 0. The highest BCUT2D eigenvalue weighted by atomic mass is 79.9. The van der Waals surface area contributed by atoms with E-state index in [9.17, 15) is 0 Å². The van der Waals surface area contributed by atoms with E-state index < -0.39 is 6.10 Å². The van der Waals surface area contributed by atoms with E-state index in [1.54, 1.807) is 12.2 Å². The van der Waals surface area contributed by atoms with E-state index in [0.717, 1.165) is 4.48 Å². The van der Waals surface area contributed by atoms with Gasteiger partial charge in [-0.05, 0) is 12.5 Å². The van der Waals surface area contributed by atoms with E-state index in [0.29, 0.717) is 11.5 Å². The van der Waals surface area contributed by atoms with Gasteiger partial charge in [0.25, 0.3) is 0 Å². The summed E-state index contributed by atoms with van der Waals surface area (Å²) in [7, 11) is 0. The Morgan fingerprint density at radius 1 is 1.78 bits per heavy atom. The maximum absolute atomic E-state index is 9.08. The van der Waals surface area contributed by atoms with Gasteiger partial charge in [0.1, 0.15) is 0 Å². The zero-order chi connectivity index (χ0) is 6.85. The molecule has 0 fully saturated rings. The average molecular weight is 209 g/mol. The topological polar surface area (TPSA) is 20.2 Å². The van der Waals surface area contributed by atoms with Crippen LogP contribution in [0.25, 0.3) is 0 Å². The van der Waals surface area contributed by atoms with Crippen molar-refractivity contribution in [2.45, 2.75) is 12.5 Å². The Bertz CT molecular complexity index is 174. The van der Waals surface area contributed by atoms with Crippen LogP contribution in [0, 0.1) is 0 Å². The van der Waals surface area contributed by atoms with E-state index in [4.69, 9.17) is 16.7 Å². The highest BCUT2D eigenvalue weighted by Crippen LogP contribution is 2.23. The standard InChI is InChI=1S/C6H6BrClO/c7-5-3-4(8)1-2-6(5)9/h1,3,6,9H,2H2. The smallest absolute Gasteiger partial charge is 0.0890 e. The van der Waals surface area contributed by atoms with Gasteiger partial charge in [-0.15, -0.1) is 0 Å². The molecule has 0 aromatic carbocycles. The molecule has 0 bridgehead atoms. The molecule has 1 N–H and O–H groups in total. The lowest BCUT2D eigenvalue weighted by atomic mass is 10.1. The van der Waals surface area contributed by atoms with E-state index >= 15 is 0 Å². The lowest BCUT2D eigenvalue weighted by molar-refractivity contribution is 0.222. The molecule has 1 aliphatic rings. The average Bonchev–Trinajstić information content (AvgIpc) is 1.80. The Hall–Kier alpha value is 0.210. The molecule has 3 heteroatoms. The molecular formula is C6H6BrClO. The highest BCUT2D eigenvalue weighted by Gasteiger charge is 2.10. The number of halogens is 2. The van der Waals surface area contributed by atoms with Gasteiger partial charge < -0.3 is 5.11 Å². The van der Waals surface area contributed by atoms with Gasteiger partial charge in [-0.1, -0.05) is 33.6 Å². The molecule has 0 heterocycles. The number of aliphatic hydroxyl groups is 1. The van der Waals surface area contributed by atoms with Gasteiger partial charge in [-0.25, -0.2) is 0 Å². The predicted octanol–water partition coefficient (Wildman–Crippen LogP) is 2.15. The van der Waals surface area contributed by atoms with Crippen LogP contribution < -0.4 is 0 Å². The number of rotatable bonds is 0. The molecule has 0 aromatic heterocycles. The number of aliphatic hydroxyl groups excluding tert-OH is 1. The van der Waals surface area contributed by atoms with Crippen LogP contribution in [0.4, 0.5) is 0 Å². The van der Waals surface area contributed by atoms with Crippen molar-refractivity contribution in [3.8, 4) is 0 Å². The van der Waals surface area contributed by atoms with Gasteiger partial charge >= 0.3 is 0 Å². The molecule has 1 rings (SSSR count). The van der Waals surface area contributed by atoms with Crippen LogP contribution in [0.2, 0.25) is 0 Å². The molecule has 50 valence electrons. The summed E-state index contributed by atoms with van der Waals surface area (Å²) in [4.78, 5) is 0. The fourth-order valence-corrected chi connectivity index (χ4v) is 1.40. The summed E-state index contributed by atoms with van der Waals surface area (Å²) < 4.78 is 0.759. The fraction of sp³-hybridized carbons (Fsp3) is 0.333. The Balaban J connectivity index is 2.74. The normalized spacial score (nSPS) is 27.2. The maximum atomic E-state index is 9.08. The summed E-state index contributed by atoms with van der Waals surface area (Å²) in [6.07, 6.45) is 3.70. The lowest BCUT2D eigenvalue weighted by Gasteiger charge is -2.10. The lowest BCUT2D eigenvalue weighted by Crippen LogP contribution is -2.07. The minimum absolute atomic E-state index is 0.396. The molecule has 0 spiro atoms. The molecular weight excluding hydrogens is 203 g/mol. The third-order valence-electron chi connectivity index (χ3n) is 1.13. The number of hydrogen-bond acceptors (Lipinski definition) is 1. The van der Waals surface area contributed by atoms with Gasteiger partial charge in [0.15, 0.2) is 0 Å². The SMILES string of the molecule is OC1CC=C(Cl)C=C1Br. The summed E-state index contributed by atoms with van der Waals surface area (Å²) in [5, 5.41) is 9.76. The molecule has 0 amide bonds. The Morgan fingerprint density at radius 3 is 2.89 bits per heavy atom. The van der Waals surface area contributed by atoms with E-state index in [1.165, 1.54) is 0 Å². The molecule has 0 saturated carbocycles. The molecule has 1 nitrogen and oxygen atoms in total. The zero-order valence-electron chi connectivity index (χ0n) is 4.64. The fourth-order valence-electron chi connectivity index (χ4n) is 0.624. The number of hydrogen-bond donors (Lipinski definition) is 1. The van der Waals surface area contributed by atoms with E-state index in [1.807, 2.05) is 0 Å². The maximum Gasteiger partial charge on any atom is 0.0890 e. The second-order valence-corrected chi connectivity index (χ2v) is 3.22. The minimum Gasteiger partial charge on any atom is -0.388 e. The summed E-state index contributed by atoms with van der Waals surface area (Å²) in [5.74, 6) is 0. The third kappa shape index (κ3) is 1.81. The van der Waals surface area contributed by atoms with Crippen LogP contribution in [-0.4, -0.2) is 11.2 Å². The largest absolute Gasteiger partial charge is 0.388 e. The zero-order valence-corrected chi connectivity index (χ0v) is 6.98. The highest BCUT2D eigenvalue weighted by molar-refractivity contribution is 9.11. The molecule has 0 aliphatic heterocycles.